The van der Waals surface area contributed by atoms with Gasteiger partial charge in [-0.1, -0.05) is 39.3 Å². The lowest BCUT2D eigenvalue weighted by atomic mass is 10.0. The fraction of sp³-hybridized carbons (Fsp3) is 0.812. The van der Waals surface area contributed by atoms with Crippen LogP contribution in [-0.2, 0) is 9.53 Å². The number of carbonyl (C=O) groups is 1. The molecule has 1 saturated heterocycles. The summed E-state index contributed by atoms with van der Waals surface area (Å²) in [4.78, 5) is 13.8. The fourth-order valence-electron chi connectivity index (χ4n) is 2.38. The lowest BCUT2D eigenvalue weighted by molar-refractivity contribution is -0.228. The molecule has 6 heteroatoms. The minimum absolute atomic E-state index is 0.101. The number of hydrogen-bond donors (Lipinski definition) is 3. The molecule has 6 nitrogen and oxygen atoms in total. The molecular weight excluding hydrogens is 286 g/mol. The van der Waals surface area contributed by atoms with E-state index in [0.29, 0.717) is 13.0 Å². The Morgan fingerprint density at radius 1 is 1.23 bits per heavy atom. The van der Waals surface area contributed by atoms with Gasteiger partial charge < -0.3 is 25.0 Å². The van der Waals surface area contributed by atoms with Gasteiger partial charge in [-0.2, -0.15) is 0 Å². The number of aliphatic hydroxyl groups is 3. The molecule has 0 aromatic heterocycles. The normalized spacial score (nSPS) is 29.2. The maximum absolute atomic E-state index is 12.4. The first-order valence-electron chi connectivity index (χ1n) is 8.01. The highest BCUT2D eigenvalue weighted by Gasteiger charge is 2.42. The number of allylic oxidation sites excluding steroid dienone is 1. The van der Waals surface area contributed by atoms with E-state index in [4.69, 9.17) is 4.74 Å². The summed E-state index contributed by atoms with van der Waals surface area (Å²) in [6.07, 6.45) is 2.11. The molecule has 1 heterocycles. The van der Waals surface area contributed by atoms with Gasteiger partial charge in [-0.25, -0.2) is 0 Å². The Labute approximate surface area is 132 Å². The van der Waals surface area contributed by atoms with Crippen molar-refractivity contribution in [1.82, 2.24) is 4.90 Å². The average molecular weight is 315 g/mol. The van der Waals surface area contributed by atoms with Gasteiger partial charge in [0.05, 0.1) is 6.61 Å². The third kappa shape index (κ3) is 5.05. The van der Waals surface area contributed by atoms with Crippen LogP contribution in [-0.4, -0.2) is 63.8 Å². The Bertz CT molecular complexity index is 372. The number of carbonyl (C=O) groups excluding carboxylic acids is 1. The molecule has 1 rings (SSSR count). The molecule has 3 N–H and O–H groups in total. The predicted octanol–water partition coefficient (Wildman–Crippen LogP) is 0.656. The number of nitrogens with zero attached hydrogens (tertiary/aromatic N) is 1. The molecule has 0 aromatic carbocycles. The zero-order chi connectivity index (χ0) is 16.7. The highest BCUT2D eigenvalue weighted by molar-refractivity contribution is 5.78. The summed E-state index contributed by atoms with van der Waals surface area (Å²) in [6.45, 7) is 5.96. The largest absolute Gasteiger partial charge is 0.388 e. The summed E-state index contributed by atoms with van der Waals surface area (Å²) < 4.78 is 5.41. The highest BCUT2D eigenvalue weighted by atomic mass is 16.5. The Morgan fingerprint density at radius 2 is 1.86 bits per heavy atom. The van der Waals surface area contributed by atoms with Gasteiger partial charge in [-0.05, 0) is 12.8 Å². The van der Waals surface area contributed by atoms with Crippen LogP contribution in [0.3, 0.4) is 0 Å². The first-order chi connectivity index (χ1) is 10.4. The maximum Gasteiger partial charge on any atom is 0.227 e. The Balaban J connectivity index is 2.75. The van der Waals surface area contributed by atoms with Crippen molar-refractivity contribution in [2.45, 2.75) is 64.6 Å². The third-order valence-electron chi connectivity index (χ3n) is 3.72. The van der Waals surface area contributed by atoms with Gasteiger partial charge in [-0.3, -0.25) is 4.79 Å². The maximum atomic E-state index is 12.4. The minimum Gasteiger partial charge on any atom is -0.388 e. The molecule has 1 aliphatic rings. The molecule has 22 heavy (non-hydrogen) atoms. The van der Waals surface area contributed by atoms with E-state index in [-0.39, 0.29) is 18.4 Å². The molecule has 0 spiro atoms. The van der Waals surface area contributed by atoms with Gasteiger partial charge in [0.25, 0.3) is 0 Å². The third-order valence-corrected chi connectivity index (χ3v) is 3.72. The Hall–Kier alpha value is -0.950. The number of aliphatic hydroxyl groups excluding tert-OH is 3. The topological polar surface area (TPSA) is 90.2 Å². The molecule has 1 fully saturated rings. The van der Waals surface area contributed by atoms with Crippen LogP contribution in [0.15, 0.2) is 12.2 Å². The first kappa shape index (κ1) is 19.1. The molecule has 0 saturated carbocycles. The Morgan fingerprint density at radius 3 is 2.45 bits per heavy atom. The van der Waals surface area contributed by atoms with E-state index in [1.807, 2.05) is 6.08 Å². The number of amides is 1. The zero-order valence-electron chi connectivity index (χ0n) is 13.7. The second-order valence-electron chi connectivity index (χ2n) is 6.01. The minimum atomic E-state index is -1.31. The van der Waals surface area contributed by atoms with Crippen LogP contribution in [0.25, 0.3) is 0 Å². The summed E-state index contributed by atoms with van der Waals surface area (Å²) in [6, 6.07) is 0. The van der Waals surface area contributed by atoms with Crippen LogP contribution < -0.4 is 0 Å². The summed E-state index contributed by atoms with van der Waals surface area (Å²) in [5.41, 5.74) is 0. The van der Waals surface area contributed by atoms with E-state index in [9.17, 15) is 20.1 Å². The van der Waals surface area contributed by atoms with Crippen molar-refractivity contribution in [2.75, 3.05) is 13.2 Å². The van der Waals surface area contributed by atoms with E-state index >= 15 is 0 Å². The van der Waals surface area contributed by atoms with Crippen molar-refractivity contribution in [3.63, 3.8) is 0 Å². The van der Waals surface area contributed by atoms with Crippen molar-refractivity contribution in [1.29, 1.82) is 0 Å². The van der Waals surface area contributed by atoms with Gasteiger partial charge >= 0.3 is 0 Å². The second kappa shape index (κ2) is 9.25. The van der Waals surface area contributed by atoms with Gasteiger partial charge in [-0.15, -0.1) is 0 Å². The predicted molar refractivity (Wildman–Crippen MR) is 83.0 cm³/mol. The smallest absolute Gasteiger partial charge is 0.227 e. The monoisotopic (exact) mass is 315 g/mol. The van der Waals surface area contributed by atoms with Crippen molar-refractivity contribution in [3.05, 3.63) is 12.2 Å². The molecule has 0 aromatic rings. The molecule has 4 atom stereocenters. The van der Waals surface area contributed by atoms with E-state index in [1.54, 1.807) is 13.8 Å². The first-order valence-corrected chi connectivity index (χ1v) is 8.01. The molecule has 128 valence electrons. The summed E-state index contributed by atoms with van der Waals surface area (Å²) in [7, 11) is 0. The van der Waals surface area contributed by atoms with Crippen LogP contribution in [0.5, 0.6) is 0 Å². The quantitative estimate of drug-likeness (QED) is 0.600. The van der Waals surface area contributed by atoms with E-state index in [1.165, 1.54) is 4.90 Å². The summed E-state index contributed by atoms with van der Waals surface area (Å²) in [5, 5.41) is 29.4. The van der Waals surface area contributed by atoms with Crippen molar-refractivity contribution in [3.8, 4) is 0 Å². The van der Waals surface area contributed by atoms with Crippen LogP contribution >= 0.6 is 0 Å². The van der Waals surface area contributed by atoms with Gasteiger partial charge in [0.2, 0.25) is 5.91 Å². The number of rotatable bonds is 7. The van der Waals surface area contributed by atoms with E-state index in [2.05, 4.69) is 13.0 Å². The van der Waals surface area contributed by atoms with Crippen LogP contribution in [0.4, 0.5) is 0 Å². The second-order valence-corrected chi connectivity index (χ2v) is 6.01. The average Bonchev–Trinajstić information content (AvgIpc) is 2.49. The van der Waals surface area contributed by atoms with Crippen LogP contribution in [0.1, 0.15) is 40.0 Å². The number of unbranched alkanes of at least 4 members (excludes halogenated alkanes) is 1. The van der Waals surface area contributed by atoms with Gasteiger partial charge in [0.15, 0.2) is 6.23 Å². The highest BCUT2D eigenvalue weighted by Crippen LogP contribution is 2.21. The molecular formula is C16H29NO5. The van der Waals surface area contributed by atoms with E-state index in [0.717, 1.165) is 12.8 Å². The van der Waals surface area contributed by atoms with Crippen molar-refractivity contribution < 1.29 is 24.9 Å². The Kier molecular flexibility index (Phi) is 8.03. The summed E-state index contributed by atoms with van der Waals surface area (Å²) >= 11 is 0. The molecule has 0 bridgehead atoms. The molecule has 0 aliphatic carbocycles. The summed E-state index contributed by atoms with van der Waals surface area (Å²) in [5.74, 6) is -0.379. The standard InChI is InChI=1S/C16H29NO5/c1-4-5-6-7-8-9-17(15(21)11(2)3)16-14(20)13(19)12(18)10-22-16/h6-7,11-14,16,18-20H,4-5,8-10H2,1-3H3/b7-6-. The molecule has 4 unspecified atom stereocenters. The molecule has 0 radical (unpaired) electrons. The van der Waals surface area contributed by atoms with Gasteiger partial charge in [0, 0.05) is 12.5 Å². The van der Waals surface area contributed by atoms with Gasteiger partial charge in [0.1, 0.15) is 18.3 Å². The molecule has 1 aliphatic heterocycles. The number of hydrogen-bond acceptors (Lipinski definition) is 5. The van der Waals surface area contributed by atoms with E-state index < -0.39 is 24.5 Å². The molecule has 1 amide bonds. The lowest BCUT2D eigenvalue weighted by Gasteiger charge is -2.41. The fourth-order valence-corrected chi connectivity index (χ4v) is 2.38. The van der Waals surface area contributed by atoms with Crippen molar-refractivity contribution >= 4 is 5.91 Å². The van der Waals surface area contributed by atoms with Crippen molar-refractivity contribution in [2.24, 2.45) is 5.92 Å². The van der Waals surface area contributed by atoms with Crippen LogP contribution in [0.2, 0.25) is 0 Å². The van der Waals surface area contributed by atoms with Crippen LogP contribution in [0, 0.1) is 5.92 Å². The SMILES string of the molecule is CCC/C=C\CCN(C(=O)C(C)C)C1OCC(O)C(O)C1O. The lowest BCUT2D eigenvalue weighted by Crippen LogP contribution is -2.60. The zero-order valence-corrected chi connectivity index (χ0v) is 13.7. The number of ether oxygens (including phenoxy) is 1.